The molecule has 0 bridgehead atoms. The van der Waals surface area contributed by atoms with E-state index < -0.39 is 0 Å². The highest BCUT2D eigenvalue weighted by Crippen LogP contribution is 2.32. The summed E-state index contributed by atoms with van der Waals surface area (Å²) in [5.41, 5.74) is 3.62. The first-order valence-corrected chi connectivity index (χ1v) is 8.99. The number of hydrogen-bond acceptors (Lipinski definition) is 4. The lowest BCUT2D eigenvalue weighted by molar-refractivity contribution is 0.196. The Morgan fingerprint density at radius 1 is 1.00 bits per heavy atom. The Hall–Kier alpha value is -2.66. The molecule has 5 heteroatoms. The maximum absolute atomic E-state index is 13.7. The van der Waals surface area contributed by atoms with Crippen molar-refractivity contribution >= 4 is 0 Å². The van der Waals surface area contributed by atoms with E-state index in [-0.39, 0.29) is 5.82 Å². The van der Waals surface area contributed by atoms with Gasteiger partial charge in [-0.2, -0.15) is 0 Å². The highest BCUT2D eigenvalue weighted by molar-refractivity contribution is 5.62. The van der Waals surface area contributed by atoms with Crippen LogP contribution in [0.15, 0.2) is 61.1 Å². The van der Waals surface area contributed by atoms with Crippen molar-refractivity contribution in [2.24, 2.45) is 0 Å². The van der Waals surface area contributed by atoms with Gasteiger partial charge in [0.15, 0.2) is 0 Å². The number of nitrogens with zero attached hydrogens (tertiary/aromatic N) is 4. The minimum absolute atomic E-state index is 0.250. The van der Waals surface area contributed by atoms with Gasteiger partial charge in [-0.3, -0.25) is 19.9 Å². The molecule has 0 N–H and O–H groups in total. The third-order valence-electron chi connectivity index (χ3n) is 4.83. The van der Waals surface area contributed by atoms with Crippen molar-refractivity contribution in [3.63, 3.8) is 0 Å². The summed E-state index contributed by atoms with van der Waals surface area (Å²) in [6.45, 7) is 2.81. The van der Waals surface area contributed by atoms with Gasteiger partial charge in [0.25, 0.3) is 0 Å². The normalized spacial score (nSPS) is 18.0. The van der Waals surface area contributed by atoms with Crippen LogP contribution in [0.3, 0.4) is 0 Å². The Kier molecular flexibility index (Phi) is 4.97. The third-order valence-corrected chi connectivity index (χ3v) is 4.83. The molecule has 1 unspecified atom stereocenters. The highest BCUT2D eigenvalue weighted by atomic mass is 19.1. The molecule has 4 nitrogen and oxygen atoms in total. The number of rotatable bonds is 4. The predicted molar refractivity (Wildman–Crippen MR) is 98.9 cm³/mol. The molecule has 0 aliphatic carbocycles. The molecule has 1 atom stereocenters. The second-order valence-corrected chi connectivity index (χ2v) is 6.70. The number of halogens is 1. The van der Waals surface area contributed by atoms with Crippen molar-refractivity contribution < 1.29 is 4.39 Å². The Bertz CT molecular complexity index is 869. The largest absolute Gasteiger partial charge is 0.297 e. The number of hydrogen-bond donors (Lipinski definition) is 0. The SMILES string of the molecule is Fc1cccc(-c2nccnc2C2CCCN(Cc3ccccn3)C2)c1. The molecular weight excluding hydrogens is 327 g/mol. The van der Waals surface area contributed by atoms with Gasteiger partial charge in [-0.25, -0.2) is 4.39 Å². The molecule has 0 saturated carbocycles. The summed E-state index contributed by atoms with van der Waals surface area (Å²) >= 11 is 0. The van der Waals surface area contributed by atoms with Crippen LogP contribution in [0, 0.1) is 5.82 Å². The summed E-state index contributed by atoms with van der Waals surface area (Å²) in [6, 6.07) is 12.6. The van der Waals surface area contributed by atoms with Crippen LogP contribution in [-0.2, 0) is 6.54 Å². The van der Waals surface area contributed by atoms with E-state index in [4.69, 9.17) is 0 Å². The number of aromatic nitrogens is 3. The van der Waals surface area contributed by atoms with Gasteiger partial charge in [-0.15, -0.1) is 0 Å². The first kappa shape index (κ1) is 16.8. The molecular formula is C21H21FN4. The average molecular weight is 348 g/mol. The minimum Gasteiger partial charge on any atom is -0.297 e. The van der Waals surface area contributed by atoms with Gasteiger partial charge in [0, 0.05) is 43.2 Å². The molecule has 0 spiro atoms. The summed E-state index contributed by atoms with van der Waals surface area (Å²) in [4.78, 5) is 16.0. The van der Waals surface area contributed by atoms with E-state index in [2.05, 4.69) is 25.9 Å². The summed E-state index contributed by atoms with van der Waals surface area (Å²) in [5.74, 6) is 0.0407. The second kappa shape index (κ2) is 7.70. The molecule has 0 radical (unpaired) electrons. The Morgan fingerprint density at radius 3 is 2.77 bits per heavy atom. The van der Waals surface area contributed by atoms with Crippen molar-refractivity contribution in [1.82, 2.24) is 19.9 Å². The second-order valence-electron chi connectivity index (χ2n) is 6.70. The van der Waals surface area contributed by atoms with Crippen LogP contribution >= 0.6 is 0 Å². The summed E-state index contributed by atoms with van der Waals surface area (Å²) < 4.78 is 13.7. The van der Waals surface area contributed by atoms with Crippen LogP contribution in [0.1, 0.15) is 30.1 Å². The zero-order chi connectivity index (χ0) is 17.8. The number of piperidine rings is 1. The van der Waals surface area contributed by atoms with Crippen LogP contribution in [-0.4, -0.2) is 32.9 Å². The highest BCUT2D eigenvalue weighted by Gasteiger charge is 2.25. The predicted octanol–water partition coefficient (Wildman–Crippen LogP) is 4.06. The number of pyridine rings is 1. The minimum atomic E-state index is -0.250. The van der Waals surface area contributed by atoms with Gasteiger partial charge >= 0.3 is 0 Å². The van der Waals surface area contributed by atoms with Crippen molar-refractivity contribution in [1.29, 1.82) is 0 Å². The average Bonchev–Trinajstić information content (AvgIpc) is 2.69. The maximum atomic E-state index is 13.7. The monoisotopic (exact) mass is 348 g/mol. The van der Waals surface area contributed by atoms with Crippen molar-refractivity contribution in [2.75, 3.05) is 13.1 Å². The number of benzene rings is 1. The van der Waals surface area contributed by atoms with Crippen molar-refractivity contribution in [3.8, 4) is 11.3 Å². The van der Waals surface area contributed by atoms with Crippen molar-refractivity contribution in [3.05, 3.63) is 78.3 Å². The lowest BCUT2D eigenvalue weighted by atomic mass is 9.91. The molecule has 1 aliphatic rings. The van der Waals surface area contributed by atoms with Crippen LogP contribution in [0.4, 0.5) is 4.39 Å². The van der Waals surface area contributed by atoms with Gasteiger partial charge in [0.05, 0.1) is 17.1 Å². The lowest BCUT2D eigenvalue weighted by Gasteiger charge is -2.32. The topological polar surface area (TPSA) is 41.9 Å². The smallest absolute Gasteiger partial charge is 0.123 e. The Morgan fingerprint density at radius 2 is 1.92 bits per heavy atom. The van der Waals surface area contributed by atoms with E-state index in [1.807, 2.05) is 24.4 Å². The molecule has 1 saturated heterocycles. The van der Waals surface area contributed by atoms with Crippen LogP contribution in [0.25, 0.3) is 11.3 Å². The molecule has 1 aromatic carbocycles. The van der Waals surface area contributed by atoms with E-state index in [0.717, 1.165) is 55.1 Å². The van der Waals surface area contributed by atoms with Gasteiger partial charge in [-0.1, -0.05) is 18.2 Å². The molecule has 4 rings (SSSR count). The lowest BCUT2D eigenvalue weighted by Crippen LogP contribution is -2.34. The van der Waals surface area contributed by atoms with Crippen LogP contribution in [0.2, 0.25) is 0 Å². The van der Waals surface area contributed by atoms with E-state index in [1.165, 1.54) is 12.1 Å². The summed E-state index contributed by atoms with van der Waals surface area (Å²) in [6.07, 6.45) is 7.42. The zero-order valence-corrected chi connectivity index (χ0v) is 14.6. The fraction of sp³-hybridized carbons (Fsp3) is 0.286. The van der Waals surface area contributed by atoms with Crippen LogP contribution < -0.4 is 0 Å². The van der Waals surface area contributed by atoms with E-state index >= 15 is 0 Å². The molecule has 0 amide bonds. The Balaban J connectivity index is 1.57. The standard InChI is InChI=1S/C21H21FN4/c22-18-7-3-5-16(13-18)20-21(25-11-10-24-20)17-6-4-12-26(14-17)15-19-8-1-2-9-23-19/h1-3,5,7-11,13,17H,4,6,12,14-15H2. The van der Waals surface area contributed by atoms with Gasteiger partial charge in [0.1, 0.15) is 5.82 Å². The molecule has 1 fully saturated rings. The molecule has 2 aromatic heterocycles. The van der Waals surface area contributed by atoms with Gasteiger partial charge < -0.3 is 0 Å². The number of likely N-dealkylation sites (tertiary alicyclic amines) is 1. The van der Waals surface area contributed by atoms with Gasteiger partial charge in [-0.05, 0) is 43.7 Å². The first-order valence-electron chi connectivity index (χ1n) is 8.99. The van der Waals surface area contributed by atoms with Crippen molar-refractivity contribution in [2.45, 2.75) is 25.3 Å². The quantitative estimate of drug-likeness (QED) is 0.713. The zero-order valence-electron chi connectivity index (χ0n) is 14.6. The Labute approximate surface area is 152 Å². The molecule has 3 heterocycles. The maximum Gasteiger partial charge on any atom is 0.123 e. The molecule has 1 aliphatic heterocycles. The fourth-order valence-electron chi connectivity index (χ4n) is 3.65. The van der Waals surface area contributed by atoms with E-state index in [9.17, 15) is 4.39 Å². The fourth-order valence-corrected chi connectivity index (χ4v) is 3.65. The first-order chi connectivity index (χ1) is 12.8. The molecule has 132 valence electrons. The summed E-state index contributed by atoms with van der Waals surface area (Å²) in [5, 5.41) is 0. The summed E-state index contributed by atoms with van der Waals surface area (Å²) in [7, 11) is 0. The van der Waals surface area contributed by atoms with E-state index in [1.54, 1.807) is 18.5 Å². The van der Waals surface area contributed by atoms with Gasteiger partial charge in [0.2, 0.25) is 0 Å². The third kappa shape index (κ3) is 3.78. The van der Waals surface area contributed by atoms with E-state index in [0.29, 0.717) is 5.92 Å². The van der Waals surface area contributed by atoms with Crippen LogP contribution in [0.5, 0.6) is 0 Å². The molecule has 3 aromatic rings. The molecule has 26 heavy (non-hydrogen) atoms.